The first-order valence-electron chi connectivity index (χ1n) is 9.30. The number of anilines is 2. The number of aryl methyl sites for hydroxylation is 1. The standard InChI is InChI=1S/C20H21N3O6S/c1-10-12(3)30-19(22-18(25)13-7-8-13)17(10)20(26)29-9-16(24)21-14-5-4-6-15(11(14)2)23(27)28/h4-6,13H,7-9H2,1-3H3,(H,21,24)(H,22,25). The molecule has 3 rings (SSSR count). The third kappa shape index (κ3) is 4.65. The number of nitrogens with zero attached hydrogens (tertiary/aromatic N) is 1. The average Bonchev–Trinajstić information content (AvgIpc) is 3.49. The van der Waals surface area contributed by atoms with Crippen molar-refractivity contribution in [1.82, 2.24) is 0 Å². The van der Waals surface area contributed by atoms with Crippen LogP contribution in [0.4, 0.5) is 16.4 Å². The van der Waals surface area contributed by atoms with Gasteiger partial charge in [-0.3, -0.25) is 19.7 Å². The Morgan fingerprint density at radius 3 is 2.50 bits per heavy atom. The molecule has 0 saturated heterocycles. The Morgan fingerprint density at radius 2 is 1.87 bits per heavy atom. The van der Waals surface area contributed by atoms with E-state index in [0.29, 0.717) is 16.1 Å². The fourth-order valence-corrected chi connectivity index (χ4v) is 3.92. The Morgan fingerprint density at radius 1 is 1.17 bits per heavy atom. The molecule has 1 fully saturated rings. The van der Waals surface area contributed by atoms with Gasteiger partial charge in [0, 0.05) is 16.9 Å². The molecule has 10 heteroatoms. The average molecular weight is 431 g/mol. The zero-order chi connectivity index (χ0) is 22.0. The van der Waals surface area contributed by atoms with E-state index in [0.717, 1.165) is 17.7 Å². The summed E-state index contributed by atoms with van der Waals surface area (Å²) in [6.45, 7) is 4.54. The Balaban J connectivity index is 1.66. The van der Waals surface area contributed by atoms with E-state index >= 15 is 0 Å². The number of hydrogen-bond acceptors (Lipinski definition) is 7. The number of benzene rings is 1. The molecule has 1 saturated carbocycles. The minimum absolute atomic E-state index is 0.0134. The van der Waals surface area contributed by atoms with Gasteiger partial charge in [0.1, 0.15) is 5.00 Å². The largest absolute Gasteiger partial charge is 0.452 e. The topological polar surface area (TPSA) is 128 Å². The number of hydrogen-bond donors (Lipinski definition) is 2. The third-order valence-electron chi connectivity index (χ3n) is 4.88. The van der Waals surface area contributed by atoms with E-state index in [2.05, 4.69) is 10.6 Å². The second-order valence-electron chi connectivity index (χ2n) is 7.08. The third-order valence-corrected chi connectivity index (χ3v) is 6.01. The molecule has 0 aliphatic heterocycles. The fraction of sp³-hybridized carbons (Fsp3) is 0.350. The molecule has 1 aromatic heterocycles. The van der Waals surface area contributed by atoms with Crippen molar-refractivity contribution in [1.29, 1.82) is 0 Å². The van der Waals surface area contributed by atoms with Gasteiger partial charge >= 0.3 is 5.97 Å². The van der Waals surface area contributed by atoms with Crippen molar-refractivity contribution in [3.05, 3.63) is 49.9 Å². The van der Waals surface area contributed by atoms with E-state index in [-0.39, 0.29) is 28.8 Å². The van der Waals surface area contributed by atoms with E-state index in [1.54, 1.807) is 6.92 Å². The summed E-state index contributed by atoms with van der Waals surface area (Å²) in [6, 6.07) is 4.32. The van der Waals surface area contributed by atoms with Crippen molar-refractivity contribution in [3.63, 3.8) is 0 Å². The predicted molar refractivity (Wildman–Crippen MR) is 112 cm³/mol. The minimum Gasteiger partial charge on any atom is -0.452 e. The molecule has 1 aromatic carbocycles. The number of nitrogens with one attached hydrogen (secondary N) is 2. The summed E-state index contributed by atoms with van der Waals surface area (Å²) in [5.41, 5.74) is 1.38. The van der Waals surface area contributed by atoms with Gasteiger partial charge in [-0.2, -0.15) is 0 Å². The number of rotatable bonds is 7. The quantitative estimate of drug-likeness (QED) is 0.391. The maximum atomic E-state index is 12.6. The fourth-order valence-electron chi connectivity index (χ4n) is 2.87. The summed E-state index contributed by atoms with van der Waals surface area (Å²) in [7, 11) is 0. The molecule has 0 radical (unpaired) electrons. The maximum absolute atomic E-state index is 12.6. The van der Waals surface area contributed by atoms with Crippen molar-refractivity contribution in [2.24, 2.45) is 5.92 Å². The SMILES string of the molecule is Cc1sc(NC(=O)C2CC2)c(C(=O)OCC(=O)Nc2cccc([N+](=O)[O-])c2C)c1C. The van der Waals surface area contributed by atoms with Crippen molar-refractivity contribution < 1.29 is 24.0 Å². The summed E-state index contributed by atoms with van der Waals surface area (Å²) in [5, 5.41) is 16.7. The van der Waals surface area contributed by atoms with Crippen LogP contribution in [0, 0.1) is 36.8 Å². The van der Waals surface area contributed by atoms with Crippen LogP contribution in [0.3, 0.4) is 0 Å². The van der Waals surface area contributed by atoms with E-state index in [9.17, 15) is 24.5 Å². The molecule has 2 aromatic rings. The van der Waals surface area contributed by atoms with Gasteiger partial charge in [-0.1, -0.05) is 6.07 Å². The van der Waals surface area contributed by atoms with Gasteiger partial charge in [0.15, 0.2) is 6.61 Å². The number of carbonyl (C=O) groups is 3. The van der Waals surface area contributed by atoms with Gasteiger partial charge in [-0.25, -0.2) is 4.79 Å². The van der Waals surface area contributed by atoms with Crippen LogP contribution in [-0.4, -0.2) is 29.3 Å². The van der Waals surface area contributed by atoms with Crippen molar-refractivity contribution in [2.75, 3.05) is 17.2 Å². The Kier molecular flexibility index (Phi) is 6.16. The lowest BCUT2D eigenvalue weighted by Gasteiger charge is -2.10. The van der Waals surface area contributed by atoms with Crippen LogP contribution in [0.25, 0.3) is 0 Å². The number of ether oxygens (including phenoxy) is 1. The van der Waals surface area contributed by atoms with Gasteiger partial charge in [-0.05, 0) is 45.2 Å². The lowest BCUT2D eigenvalue weighted by Crippen LogP contribution is -2.22. The van der Waals surface area contributed by atoms with Crippen LogP contribution in [0.5, 0.6) is 0 Å². The first-order chi connectivity index (χ1) is 14.2. The smallest absolute Gasteiger partial charge is 0.341 e. The lowest BCUT2D eigenvalue weighted by atomic mass is 10.1. The molecular formula is C20H21N3O6S. The van der Waals surface area contributed by atoms with Crippen molar-refractivity contribution in [2.45, 2.75) is 33.6 Å². The number of nitro groups is 1. The molecule has 158 valence electrons. The first-order valence-corrected chi connectivity index (χ1v) is 10.1. The van der Waals surface area contributed by atoms with E-state index in [1.807, 2.05) is 6.92 Å². The molecule has 0 spiro atoms. The zero-order valence-corrected chi connectivity index (χ0v) is 17.6. The van der Waals surface area contributed by atoms with Crippen molar-refractivity contribution in [3.8, 4) is 0 Å². The molecule has 1 aliphatic carbocycles. The van der Waals surface area contributed by atoms with E-state index < -0.39 is 23.4 Å². The number of nitro benzene ring substituents is 1. The van der Waals surface area contributed by atoms with Gasteiger partial charge < -0.3 is 15.4 Å². The number of thiophene rings is 1. The lowest BCUT2D eigenvalue weighted by molar-refractivity contribution is -0.385. The summed E-state index contributed by atoms with van der Waals surface area (Å²) in [6.07, 6.45) is 1.68. The summed E-state index contributed by atoms with van der Waals surface area (Å²) >= 11 is 1.29. The molecule has 9 nitrogen and oxygen atoms in total. The van der Waals surface area contributed by atoms with Crippen LogP contribution < -0.4 is 10.6 Å². The highest BCUT2D eigenvalue weighted by atomic mass is 32.1. The monoisotopic (exact) mass is 431 g/mol. The maximum Gasteiger partial charge on any atom is 0.341 e. The van der Waals surface area contributed by atoms with Crippen molar-refractivity contribution >= 4 is 45.5 Å². The highest BCUT2D eigenvalue weighted by Gasteiger charge is 2.32. The molecule has 2 N–H and O–H groups in total. The summed E-state index contributed by atoms with van der Waals surface area (Å²) in [4.78, 5) is 48.2. The number of amides is 2. The highest BCUT2D eigenvalue weighted by molar-refractivity contribution is 7.16. The van der Waals surface area contributed by atoms with Crippen LogP contribution in [-0.2, 0) is 14.3 Å². The van der Waals surface area contributed by atoms with Gasteiger partial charge in [-0.15, -0.1) is 11.3 Å². The summed E-state index contributed by atoms with van der Waals surface area (Å²) in [5.74, 6) is -1.47. The first kappa shape index (κ1) is 21.4. The summed E-state index contributed by atoms with van der Waals surface area (Å²) < 4.78 is 5.14. The normalized spacial score (nSPS) is 12.9. The van der Waals surface area contributed by atoms with Gasteiger partial charge in [0.05, 0.1) is 21.7 Å². The number of esters is 1. The van der Waals surface area contributed by atoms with Gasteiger partial charge in [0.2, 0.25) is 5.91 Å². The molecule has 30 heavy (non-hydrogen) atoms. The second kappa shape index (κ2) is 8.62. The van der Waals surface area contributed by atoms with E-state index in [1.165, 1.54) is 36.5 Å². The predicted octanol–water partition coefficient (Wildman–Crippen LogP) is 3.73. The molecule has 2 amide bonds. The van der Waals surface area contributed by atoms with Gasteiger partial charge in [0.25, 0.3) is 11.6 Å². The Hall–Kier alpha value is -3.27. The second-order valence-corrected chi connectivity index (χ2v) is 8.31. The molecule has 0 atom stereocenters. The molecule has 0 unspecified atom stereocenters. The van der Waals surface area contributed by atoms with Crippen LogP contribution >= 0.6 is 11.3 Å². The zero-order valence-electron chi connectivity index (χ0n) is 16.7. The van der Waals surface area contributed by atoms with Crippen LogP contribution in [0.2, 0.25) is 0 Å². The molecule has 0 bridgehead atoms. The van der Waals surface area contributed by atoms with Crippen LogP contribution in [0.15, 0.2) is 18.2 Å². The van der Waals surface area contributed by atoms with E-state index in [4.69, 9.17) is 4.74 Å². The van der Waals surface area contributed by atoms with Crippen LogP contribution in [0.1, 0.15) is 39.2 Å². The molecule has 1 aliphatic rings. The highest BCUT2D eigenvalue weighted by Crippen LogP contribution is 2.36. The molecule has 1 heterocycles. The molecular weight excluding hydrogens is 410 g/mol. The minimum atomic E-state index is -0.714. The Labute approximate surface area is 176 Å². The Bertz CT molecular complexity index is 1040. The number of carbonyl (C=O) groups excluding carboxylic acids is 3.